The molecular formula is C13H15F4NO. The maximum Gasteiger partial charge on any atom is 0.419 e. The van der Waals surface area contributed by atoms with Crippen LogP contribution in [0.3, 0.4) is 0 Å². The Morgan fingerprint density at radius 1 is 1.37 bits per heavy atom. The lowest BCUT2D eigenvalue weighted by Gasteiger charge is -2.24. The van der Waals surface area contributed by atoms with Crippen LogP contribution in [0.1, 0.15) is 23.6 Å². The Labute approximate surface area is 108 Å². The van der Waals surface area contributed by atoms with Gasteiger partial charge in [0.1, 0.15) is 5.82 Å². The quantitative estimate of drug-likeness (QED) is 0.857. The minimum atomic E-state index is -4.68. The standard InChI is InChI=1S/C13H15F4NO/c1-18-12(8-5-6-19-7-8)9-3-2-4-10(11(9)14)13(15,16)17/h2-4,8,12,18H,5-7H2,1H3. The SMILES string of the molecule is CNC(c1cccc(C(F)(F)F)c1F)C1CCOC1. The molecule has 1 saturated heterocycles. The van der Waals surface area contributed by atoms with Crippen LogP contribution in [0.4, 0.5) is 17.6 Å². The van der Waals surface area contributed by atoms with E-state index in [1.807, 2.05) is 0 Å². The molecule has 0 spiro atoms. The molecule has 2 nitrogen and oxygen atoms in total. The zero-order valence-corrected chi connectivity index (χ0v) is 10.4. The number of benzene rings is 1. The topological polar surface area (TPSA) is 21.3 Å². The third-order valence-electron chi connectivity index (χ3n) is 3.42. The summed E-state index contributed by atoms with van der Waals surface area (Å²) in [6.07, 6.45) is -3.97. The summed E-state index contributed by atoms with van der Waals surface area (Å²) in [5.41, 5.74) is -1.17. The van der Waals surface area contributed by atoms with Crippen LogP contribution in [0.5, 0.6) is 0 Å². The van der Waals surface area contributed by atoms with Crippen LogP contribution in [-0.2, 0) is 10.9 Å². The van der Waals surface area contributed by atoms with E-state index in [0.29, 0.717) is 19.6 Å². The highest BCUT2D eigenvalue weighted by molar-refractivity contribution is 5.31. The normalized spacial score (nSPS) is 21.6. The molecule has 0 radical (unpaired) electrons. The van der Waals surface area contributed by atoms with Crippen LogP contribution in [-0.4, -0.2) is 20.3 Å². The van der Waals surface area contributed by atoms with Crippen molar-refractivity contribution in [2.75, 3.05) is 20.3 Å². The Kier molecular flexibility index (Phi) is 4.10. The summed E-state index contributed by atoms with van der Waals surface area (Å²) in [4.78, 5) is 0. The molecule has 2 rings (SSSR count). The van der Waals surface area contributed by atoms with E-state index in [0.717, 1.165) is 6.07 Å². The van der Waals surface area contributed by atoms with Gasteiger partial charge in [-0.3, -0.25) is 0 Å². The molecule has 1 heterocycles. The molecule has 1 fully saturated rings. The van der Waals surface area contributed by atoms with E-state index < -0.39 is 23.6 Å². The number of alkyl halides is 3. The molecular weight excluding hydrogens is 262 g/mol. The first kappa shape index (κ1) is 14.3. The lowest BCUT2D eigenvalue weighted by molar-refractivity contribution is -0.140. The van der Waals surface area contributed by atoms with Crippen molar-refractivity contribution in [3.8, 4) is 0 Å². The molecule has 0 aromatic heterocycles. The van der Waals surface area contributed by atoms with Gasteiger partial charge >= 0.3 is 6.18 Å². The van der Waals surface area contributed by atoms with E-state index >= 15 is 0 Å². The zero-order chi connectivity index (χ0) is 14.0. The maximum absolute atomic E-state index is 14.1. The van der Waals surface area contributed by atoms with Crippen molar-refractivity contribution >= 4 is 0 Å². The number of rotatable bonds is 3. The molecule has 6 heteroatoms. The van der Waals surface area contributed by atoms with Gasteiger partial charge in [-0.15, -0.1) is 0 Å². The molecule has 0 aliphatic carbocycles. The highest BCUT2D eigenvalue weighted by atomic mass is 19.4. The molecule has 2 atom stereocenters. The molecule has 1 aromatic rings. The fourth-order valence-electron chi connectivity index (χ4n) is 2.47. The van der Waals surface area contributed by atoms with Gasteiger partial charge in [-0.1, -0.05) is 12.1 Å². The van der Waals surface area contributed by atoms with E-state index in [2.05, 4.69) is 5.32 Å². The average molecular weight is 277 g/mol. The maximum atomic E-state index is 14.1. The molecule has 0 bridgehead atoms. The third-order valence-corrected chi connectivity index (χ3v) is 3.42. The smallest absolute Gasteiger partial charge is 0.381 e. The molecule has 1 N–H and O–H groups in total. The third kappa shape index (κ3) is 2.90. The first-order valence-corrected chi connectivity index (χ1v) is 6.05. The van der Waals surface area contributed by atoms with Crippen molar-refractivity contribution in [3.05, 3.63) is 35.1 Å². The summed E-state index contributed by atoms with van der Waals surface area (Å²) in [7, 11) is 1.61. The minimum Gasteiger partial charge on any atom is -0.381 e. The fraction of sp³-hybridized carbons (Fsp3) is 0.538. The van der Waals surface area contributed by atoms with Crippen molar-refractivity contribution in [2.45, 2.75) is 18.6 Å². The highest BCUT2D eigenvalue weighted by Crippen LogP contribution is 2.36. The second-order valence-corrected chi connectivity index (χ2v) is 4.60. The Morgan fingerprint density at radius 2 is 2.11 bits per heavy atom. The Bertz CT molecular complexity index is 441. The van der Waals surface area contributed by atoms with Crippen molar-refractivity contribution in [3.63, 3.8) is 0 Å². The fourth-order valence-corrected chi connectivity index (χ4v) is 2.47. The van der Waals surface area contributed by atoms with Gasteiger partial charge in [-0.05, 0) is 19.5 Å². The Morgan fingerprint density at radius 3 is 2.63 bits per heavy atom. The Hall–Kier alpha value is -1.14. The van der Waals surface area contributed by atoms with Gasteiger partial charge in [0.05, 0.1) is 12.2 Å². The van der Waals surface area contributed by atoms with Gasteiger partial charge in [0, 0.05) is 24.1 Å². The molecule has 106 valence electrons. The van der Waals surface area contributed by atoms with Crippen LogP contribution < -0.4 is 5.32 Å². The Balaban J connectivity index is 2.38. The average Bonchev–Trinajstić information content (AvgIpc) is 2.84. The lowest BCUT2D eigenvalue weighted by Crippen LogP contribution is -2.27. The van der Waals surface area contributed by atoms with Crippen LogP contribution in [0.25, 0.3) is 0 Å². The molecule has 1 aliphatic rings. The van der Waals surface area contributed by atoms with Crippen LogP contribution >= 0.6 is 0 Å². The van der Waals surface area contributed by atoms with E-state index in [9.17, 15) is 17.6 Å². The monoisotopic (exact) mass is 277 g/mol. The highest BCUT2D eigenvalue weighted by Gasteiger charge is 2.37. The van der Waals surface area contributed by atoms with Gasteiger partial charge in [0.15, 0.2) is 0 Å². The van der Waals surface area contributed by atoms with E-state index in [1.165, 1.54) is 12.1 Å². The lowest BCUT2D eigenvalue weighted by atomic mass is 9.91. The number of hydrogen-bond donors (Lipinski definition) is 1. The number of halogens is 4. The summed E-state index contributed by atoms with van der Waals surface area (Å²) in [5.74, 6) is -1.20. The van der Waals surface area contributed by atoms with E-state index in [1.54, 1.807) is 7.05 Å². The molecule has 0 amide bonds. The zero-order valence-electron chi connectivity index (χ0n) is 10.4. The summed E-state index contributed by atoms with van der Waals surface area (Å²) < 4.78 is 57.3. The predicted octanol–water partition coefficient (Wildman–Crippen LogP) is 3.14. The second kappa shape index (κ2) is 5.46. The molecule has 19 heavy (non-hydrogen) atoms. The van der Waals surface area contributed by atoms with Crippen molar-refractivity contribution < 1.29 is 22.3 Å². The molecule has 1 aromatic carbocycles. The molecule has 2 unspecified atom stereocenters. The van der Waals surface area contributed by atoms with Crippen molar-refractivity contribution in [1.82, 2.24) is 5.32 Å². The largest absolute Gasteiger partial charge is 0.419 e. The number of hydrogen-bond acceptors (Lipinski definition) is 2. The van der Waals surface area contributed by atoms with Gasteiger partial charge in [0.2, 0.25) is 0 Å². The van der Waals surface area contributed by atoms with E-state index in [-0.39, 0.29) is 11.5 Å². The minimum absolute atomic E-state index is 0.0111. The van der Waals surface area contributed by atoms with E-state index in [4.69, 9.17) is 4.74 Å². The predicted molar refractivity (Wildman–Crippen MR) is 62.1 cm³/mol. The summed E-state index contributed by atoms with van der Waals surface area (Å²) >= 11 is 0. The number of ether oxygens (including phenoxy) is 1. The van der Waals surface area contributed by atoms with Crippen LogP contribution in [0.2, 0.25) is 0 Å². The number of nitrogens with one attached hydrogen (secondary N) is 1. The first-order valence-electron chi connectivity index (χ1n) is 6.05. The molecule has 1 aliphatic heterocycles. The van der Waals surface area contributed by atoms with Crippen molar-refractivity contribution in [1.29, 1.82) is 0 Å². The van der Waals surface area contributed by atoms with Gasteiger partial charge < -0.3 is 10.1 Å². The molecule has 0 saturated carbocycles. The summed E-state index contributed by atoms with van der Waals surface area (Å²) in [5, 5.41) is 2.89. The van der Waals surface area contributed by atoms with Gasteiger partial charge in [-0.25, -0.2) is 4.39 Å². The summed E-state index contributed by atoms with van der Waals surface area (Å²) in [6, 6.07) is 2.92. The van der Waals surface area contributed by atoms with Crippen molar-refractivity contribution in [2.24, 2.45) is 5.92 Å². The second-order valence-electron chi connectivity index (χ2n) is 4.60. The van der Waals surface area contributed by atoms with Gasteiger partial charge in [-0.2, -0.15) is 13.2 Å². The van der Waals surface area contributed by atoms with Gasteiger partial charge in [0.25, 0.3) is 0 Å². The summed E-state index contributed by atoms with van der Waals surface area (Å²) in [6.45, 7) is 0.991. The first-order chi connectivity index (χ1) is 8.95. The van der Waals surface area contributed by atoms with Crippen LogP contribution in [0, 0.1) is 11.7 Å². The van der Waals surface area contributed by atoms with Crippen LogP contribution in [0.15, 0.2) is 18.2 Å².